The van der Waals surface area contributed by atoms with Crippen molar-refractivity contribution in [1.82, 2.24) is 15.0 Å². The summed E-state index contributed by atoms with van der Waals surface area (Å²) in [6.45, 7) is 3.89. The topological polar surface area (TPSA) is 117 Å². The number of methoxy groups -OCH3 is 1. The third kappa shape index (κ3) is 4.58. The van der Waals surface area contributed by atoms with Gasteiger partial charge in [-0.2, -0.15) is 4.98 Å². The molecular formula is C23H26N4O4S. The van der Waals surface area contributed by atoms with E-state index in [-0.39, 0.29) is 5.92 Å². The van der Waals surface area contributed by atoms with E-state index in [1.54, 1.807) is 25.6 Å². The Bertz CT molecular complexity index is 1130. The predicted octanol–water partition coefficient (Wildman–Crippen LogP) is 4.37. The standard InChI is InChI=1S/C23H26N4O4S/c1-13-8-15(10-16(9-13)26-22-24-7-5-19(27-22)31-3)18-12-25-21(32-18)23(30)6-4-17(20(28)29)14(2)11-23/h5,7-10,12,14,17,30H,4,6,11H2,1-3H3,(H,28,29)(H,24,26,27). The van der Waals surface area contributed by atoms with Gasteiger partial charge in [0.1, 0.15) is 10.6 Å². The highest BCUT2D eigenvalue weighted by Crippen LogP contribution is 2.45. The lowest BCUT2D eigenvalue weighted by molar-refractivity contribution is -0.148. The first-order valence-corrected chi connectivity index (χ1v) is 11.3. The van der Waals surface area contributed by atoms with Crippen LogP contribution < -0.4 is 10.1 Å². The van der Waals surface area contributed by atoms with Crippen LogP contribution >= 0.6 is 11.3 Å². The van der Waals surface area contributed by atoms with Crippen LogP contribution in [0.15, 0.2) is 36.7 Å². The maximum Gasteiger partial charge on any atom is 0.306 e. The lowest BCUT2D eigenvalue weighted by atomic mass is 9.72. The number of nitrogens with one attached hydrogen (secondary N) is 1. The Balaban J connectivity index is 1.57. The van der Waals surface area contributed by atoms with Gasteiger partial charge in [-0.1, -0.05) is 13.0 Å². The summed E-state index contributed by atoms with van der Waals surface area (Å²) >= 11 is 1.45. The number of anilines is 2. The molecule has 0 bridgehead atoms. The van der Waals surface area contributed by atoms with Crippen molar-refractivity contribution in [3.05, 3.63) is 47.2 Å². The molecule has 2 heterocycles. The number of carboxylic acids is 1. The number of hydrogen-bond donors (Lipinski definition) is 3. The molecule has 32 heavy (non-hydrogen) atoms. The molecule has 0 aliphatic heterocycles. The summed E-state index contributed by atoms with van der Waals surface area (Å²) in [4.78, 5) is 25.4. The summed E-state index contributed by atoms with van der Waals surface area (Å²) in [6.07, 6.45) is 4.63. The van der Waals surface area contributed by atoms with Crippen molar-refractivity contribution in [2.24, 2.45) is 11.8 Å². The van der Waals surface area contributed by atoms with Crippen LogP contribution in [0.3, 0.4) is 0 Å². The minimum absolute atomic E-state index is 0.115. The summed E-state index contributed by atoms with van der Waals surface area (Å²) in [5.41, 5.74) is 1.76. The van der Waals surface area contributed by atoms with Gasteiger partial charge in [-0.25, -0.2) is 9.97 Å². The maximum absolute atomic E-state index is 11.4. The molecule has 2 aromatic heterocycles. The van der Waals surface area contributed by atoms with E-state index in [2.05, 4.69) is 26.3 Å². The average molecular weight is 455 g/mol. The van der Waals surface area contributed by atoms with Gasteiger partial charge in [0.2, 0.25) is 11.8 Å². The fraction of sp³-hybridized carbons (Fsp3) is 0.391. The number of aromatic nitrogens is 3. The molecule has 0 radical (unpaired) electrons. The summed E-state index contributed by atoms with van der Waals surface area (Å²) in [5.74, 6) is -0.415. The van der Waals surface area contributed by atoms with Gasteiger partial charge in [0.25, 0.3) is 0 Å². The molecule has 1 aromatic carbocycles. The Labute approximate surface area is 190 Å². The highest BCUT2D eigenvalue weighted by molar-refractivity contribution is 7.15. The maximum atomic E-state index is 11.4. The molecule has 1 aliphatic carbocycles. The van der Waals surface area contributed by atoms with E-state index >= 15 is 0 Å². The number of benzene rings is 1. The fourth-order valence-electron chi connectivity index (χ4n) is 4.28. The Hall–Kier alpha value is -3.04. The highest BCUT2D eigenvalue weighted by atomic mass is 32.1. The summed E-state index contributed by atoms with van der Waals surface area (Å²) < 4.78 is 5.15. The van der Waals surface area contributed by atoms with Crippen molar-refractivity contribution in [2.45, 2.75) is 38.7 Å². The van der Waals surface area contributed by atoms with Crippen LogP contribution in [0.2, 0.25) is 0 Å². The second-order valence-electron chi connectivity index (χ2n) is 8.36. The molecule has 3 atom stereocenters. The van der Waals surface area contributed by atoms with Crippen LogP contribution in [0, 0.1) is 18.8 Å². The zero-order valence-corrected chi connectivity index (χ0v) is 19.0. The summed E-state index contributed by atoms with van der Waals surface area (Å²) in [6, 6.07) is 7.72. The molecule has 9 heteroatoms. The zero-order chi connectivity index (χ0) is 22.9. The molecule has 0 saturated heterocycles. The first-order valence-electron chi connectivity index (χ1n) is 10.4. The molecule has 3 N–H and O–H groups in total. The molecule has 8 nitrogen and oxygen atoms in total. The van der Waals surface area contributed by atoms with Crippen molar-refractivity contribution in [3.8, 4) is 16.3 Å². The number of thiazole rings is 1. The first-order chi connectivity index (χ1) is 15.3. The van der Waals surface area contributed by atoms with Gasteiger partial charge in [0, 0.05) is 24.1 Å². The monoisotopic (exact) mass is 454 g/mol. The van der Waals surface area contributed by atoms with Crippen LogP contribution in [0.5, 0.6) is 5.88 Å². The van der Waals surface area contributed by atoms with E-state index in [0.29, 0.717) is 36.1 Å². The van der Waals surface area contributed by atoms with Gasteiger partial charge in [0.15, 0.2) is 0 Å². The number of nitrogens with zero attached hydrogens (tertiary/aromatic N) is 3. The summed E-state index contributed by atoms with van der Waals surface area (Å²) in [5, 5.41) is 24.5. The number of aliphatic hydroxyl groups is 1. The molecular weight excluding hydrogens is 428 g/mol. The molecule has 168 valence electrons. The fourth-order valence-corrected chi connectivity index (χ4v) is 5.31. The van der Waals surface area contributed by atoms with Crippen LogP contribution in [0.1, 0.15) is 36.8 Å². The van der Waals surface area contributed by atoms with E-state index in [4.69, 9.17) is 4.74 Å². The van der Waals surface area contributed by atoms with Crippen molar-refractivity contribution in [3.63, 3.8) is 0 Å². The number of hydrogen-bond acceptors (Lipinski definition) is 8. The smallest absolute Gasteiger partial charge is 0.306 e. The van der Waals surface area contributed by atoms with E-state index in [0.717, 1.165) is 21.7 Å². The lowest BCUT2D eigenvalue weighted by Gasteiger charge is -2.37. The molecule has 1 aliphatic rings. The van der Waals surface area contributed by atoms with Gasteiger partial charge in [0.05, 0.1) is 17.9 Å². The Kier molecular flexibility index (Phi) is 6.12. The lowest BCUT2D eigenvalue weighted by Crippen LogP contribution is -2.38. The number of carboxylic acid groups (broad SMARTS) is 1. The summed E-state index contributed by atoms with van der Waals surface area (Å²) in [7, 11) is 1.56. The van der Waals surface area contributed by atoms with Gasteiger partial charge < -0.3 is 20.3 Å². The second kappa shape index (κ2) is 8.84. The molecule has 1 saturated carbocycles. The van der Waals surface area contributed by atoms with E-state index in [1.165, 1.54) is 11.3 Å². The second-order valence-corrected chi connectivity index (χ2v) is 9.39. The number of aliphatic carboxylic acids is 1. The van der Waals surface area contributed by atoms with Crippen LogP contribution in [0.25, 0.3) is 10.4 Å². The van der Waals surface area contributed by atoms with Gasteiger partial charge in [-0.05, 0) is 55.4 Å². The quantitative estimate of drug-likeness (QED) is 0.503. The van der Waals surface area contributed by atoms with Gasteiger partial charge in [-0.3, -0.25) is 4.79 Å². The Morgan fingerprint density at radius 3 is 2.84 bits per heavy atom. The molecule has 4 rings (SSSR count). The number of rotatable bonds is 6. The van der Waals surface area contributed by atoms with Crippen molar-refractivity contribution >= 4 is 28.9 Å². The third-order valence-electron chi connectivity index (χ3n) is 5.89. The van der Waals surface area contributed by atoms with Crippen molar-refractivity contribution in [2.75, 3.05) is 12.4 Å². The predicted molar refractivity (Wildman–Crippen MR) is 122 cm³/mol. The van der Waals surface area contributed by atoms with Crippen molar-refractivity contribution in [1.29, 1.82) is 0 Å². The molecule has 3 unspecified atom stereocenters. The van der Waals surface area contributed by atoms with Crippen molar-refractivity contribution < 1.29 is 19.7 Å². The first kappa shape index (κ1) is 22.2. The molecule has 3 aromatic rings. The van der Waals surface area contributed by atoms with Gasteiger partial charge in [-0.15, -0.1) is 11.3 Å². The van der Waals surface area contributed by atoms with E-state index in [1.807, 2.05) is 26.0 Å². The minimum Gasteiger partial charge on any atom is -0.481 e. The van der Waals surface area contributed by atoms with Crippen LogP contribution in [-0.4, -0.2) is 38.2 Å². The third-order valence-corrected chi connectivity index (χ3v) is 7.13. The Morgan fingerprint density at radius 2 is 2.12 bits per heavy atom. The van der Waals surface area contributed by atoms with Crippen LogP contribution in [0.4, 0.5) is 11.6 Å². The van der Waals surface area contributed by atoms with E-state index < -0.39 is 17.5 Å². The average Bonchev–Trinajstić information content (AvgIpc) is 3.24. The SMILES string of the molecule is COc1ccnc(Nc2cc(C)cc(-c3cnc(C4(O)CCC(C(=O)O)C(C)C4)s3)c2)n1. The number of carbonyl (C=O) groups is 1. The highest BCUT2D eigenvalue weighted by Gasteiger charge is 2.43. The largest absolute Gasteiger partial charge is 0.481 e. The molecule has 0 amide bonds. The minimum atomic E-state index is -1.09. The molecule has 0 spiro atoms. The Morgan fingerprint density at radius 1 is 1.31 bits per heavy atom. The van der Waals surface area contributed by atoms with Crippen LogP contribution in [-0.2, 0) is 10.4 Å². The molecule has 1 fully saturated rings. The van der Waals surface area contributed by atoms with Gasteiger partial charge >= 0.3 is 5.97 Å². The van der Waals surface area contributed by atoms with E-state index in [9.17, 15) is 15.0 Å². The zero-order valence-electron chi connectivity index (χ0n) is 18.2. The number of aryl methyl sites for hydroxylation is 1. The normalized spacial score (nSPS) is 23.0. The number of ether oxygens (including phenoxy) is 1.